The lowest BCUT2D eigenvalue weighted by Crippen LogP contribution is -2.48. The lowest BCUT2D eigenvalue weighted by molar-refractivity contribution is -0.131. The topological polar surface area (TPSA) is 52.7 Å². The highest BCUT2D eigenvalue weighted by atomic mass is 16.2. The van der Waals surface area contributed by atoms with E-state index in [1.54, 1.807) is 0 Å². The molecule has 164 valence electrons. The Morgan fingerprint density at radius 2 is 1.55 bits per heavy atom. The summed E-state index contributed by atoms with van der Waals surface area (Å²) in [5, 5.41) is 2.96. The Kier molecular flexibility index (Phi) is 6.90. The average Bonchev–Trinajstić information content (AvgIpc) is 3.32. The maximum atomic E-state index is 12.5. The largest absolute Gasteiger partial charge is 0.368 e. The Balaban J connectivity index is 1.24. The fourth-order valence-corrected chi connectivity index (χ4v) is 4.66. The molecule has 1 aliphatic carbocycles. The van der Waals surface area contributed by atoms with Gasteiger partial charge in [-0.25, -0.2) is 0 Å². The average molecular weight is 420 g/mol. The molecule has 0 radical (unpaired) electrons. The van der Waals surface area contributed by atoms with E-state index in [2.05, 4.69) is 10.2 Å². The maximum Gasteiger partial charge on any atom is 0.255 e. The summed E-state index contributed by atoms with van der Waals surface area (Å²) in [4.78, 5) is 29.3. The first-order valence-corrected chi connectivity index (χ1v) is 11.6. The summed E-state index contributed by atoms with van der Waals surface area (Å²) in [5.74, 6) is 0.994. The summed E-state index contributed by atoms with van der Waals surface area (Å²) < 4.78 is 0. The molecule has 31 heavy (non-hydrogen) atoms. The second-order valence-corrected chi connectivity index (χ2v) is 8.92. The van der Waals surface area contributed by atoms with Gasteiger partial charge in [0, 0.05) is 49.5 Å². The van der Waals surface area contributed by atoms with Crippen LogP contribution < -0.4 is 10.2 Å². The molecule has 2 aromatic carbocycles. The third-order valence-electron chi connectivity index (χ3n) is 6.68. The van der Waals surface area contributed by atoms with Crippen molar-refractivity contribution in [2.75, 3.05) is 36.4 Å². The molecule has 1 N–H and O–H groups in total. The number of carbonyl (C=O) groups is 2. The van der Waals surface area contributed by atoms with E-state index in [4.69, 9.17) is 0 Å². The third-order valence-corrected chi connectivity index (χ3v) is 6.68. The van der Waals surface area contributed by atoms with Crippen molar-refractivity contribution >= 4 is 23.2 Å². The normalized spacial score (nSPS) is 17.1. The van der Waals surface area contributed by atoms with Gasteiger partial charge >= 0.3 is 0 Å². The maximum absolute atomic E-state index is 12.5. The molecule has 5 heteroatoms. The summed E-state index contributed by atoms with van der Waals surface area (Å²) in [7, 11) is 0. The molecule has 2 aliphatic rings. The van der Waals surface area contributed by atoms with Crippen LogP contribution in [0.4, 0.5) is 11.4 Å². The number of benzene rings is 2. The molecule has 1 saturated heterocycles. The van der Waals surface area contributed by atoms with Crippen LogP contribution in [0.5, 0.6) is 0 Å². The summed E-state index contributed by atoms with van der Waals surface area (Å²) in [6.45, 7) is 5.28. The first-order valence-electron chi connectivity index (χ1n) is 11.6. The van der Waals surface area contributed by atoms with Crippen LogP contribution in [0.1, 0.15) is 54.4 Å². The minimum Gasteiger partial charge on any atom is -0.368 e. The molecular formula is C26H33N3O2. The highest BCUT2D eigenvalue weighted by Gasteiger charge is 2.23. The number of amides is 2. The Morgan fingerprint density at radius 3 is 2.19 bits per heavy atom. The Bertz CT molecular complexity index is 878. The van der Waals surface area contributed by atoms with E-state index in [-0.39, 0.29) is 5.91 Å². The highest BCUT2D eigenvalue weighted by Crippen LogP contribution is 2.29. The molecule has 5 nitrogen and oxygen atoms in total. The highest BCUT2D eigenvalue weighted by molar-refractivity contribution is 6.04. The van der Waals surface area contributed by atoms with Crippen molar-refractivity contribution in [1.29, 1.82) is 0 Å². The van der Waals surface area contributed by atoms with E-state index in [0.717, 1.165) is 55.5 Å². The van der Waals surface area contributed by atoms with Crippen molar-refractivity contribution in [3.05, 3.63) is 59.7 Å². The Labute approximate surface area is 185 Å². The van der Waals surface area contributed by atoms with Crippen LogP contribution in [0.3, 0.4) is 0 Å². The number of hydrogen-bond donors (Lipinski definition) is 1. The first-order chi connectivity index (χ1) is 15.1. The van der Waals surface area contributed by atoms with Crippen LogP contribution in [0.25, 0.3) is 0 Å². The molecule has 0 spiro atoms. The zero-order chi connectivity index (χ0) is 21.6. The molecule has 2 aromatic rings. The van der Waals surface area contributed by atoms with Gasteiger partial charge in [0.05, 0.1) is 0 Å². The van der Waals surface area contributed by atoms with Crippen LogP contribution in [0.15, 0.2) is 48.5 Å². The SMILES string of the molecule is Cc1ccc(C(=O)Nc2ccc(N3CCN(C(=O)CCC4CCCC4)CC3)cc2)cc1. The zero-order valence-electron chi connectivity index (χ0n) is 18.5. The van der Waals surface area contributed by atoms with Crippen LogP contribution >= 0.6 is 0 Å². The van der Waals surface area contributed by atoms with Gasteiger partial charge in [-0.3, -0.25) is 9.59 Å². The van der Waals surface area contributed by atoms with Gasteiger partial charge in [0.25, 0.3) is 5.91 Å². The lowest BCUT2D eigenvalue weighted by Gasteiger charge is -2.36. The van der Waals surface area contributed by atoms with Crippen molar-refractivity contribution in [3.63, 3.8) is 0 Å². The summed E-state index contributed by atoms with van der Waals surface area (Å²) in [5.41, 5.74) is 3.71. The third kappa shape index (κ3) is 5.66. The van der Waals surface area contributed by atoms with Crippen molar-refractivity contribution in [1.82, 2.24) is 4.90 Å². The number of rotatable bonds is 6. The minimum atomic E-state index is -0.0996. The molecule has 1 saturated carbocycles. The zero-order valence-corrected chi connectivity index (χ0v) is 18.5. The fraction of sp³-hybridized carbons (Fsp3) is 0.462. The van der Waals surface area contributed by atoms with Crippen LogP contribution in [0.2, 0.25) is 0 Å². The second kappa shape index (κ2) is 9.99. The minimum absolute atomic E-state index is 0.0996. The van der Waals surface area contributed by atoms with Crippen molar-refractivity contribution < 1.29 is 9.59 Å². The van der Waals surface area contributed by atoms with Crippen molar-refractivity contribution in [2.45, 2.75) is 45.4 Å². The first kappa shape index (κ1) is 21.4. The number of nitrogens with one attached hydrogen (secondary N) is 1. The molecule has 4 rings (SSSR count). The van der Waals surface area contributed by atoms with Crippen molar-refractivity contribution in [2.24, 2.45) is 5.92 Å². The van der Waals surface area contributed by atoms with Crippen LogP contribution in [-0.2, 0) is 4.79 Å². The number of carbonyl (C=O) groups excluding carboxylic acids is 2. The van der Waals surface area contributed by atoms with E-state index < -0.39 is 0 Å². The van der Waals surface area contributed by atoms with Gasteiger partial charge in [-0.1, -0.05) is 43.4 Å². The molecule has 2 amide bonds. The van der Waals surface area contributed by atoms with Gasteiger partial charge in [0.1, 0.15) is 0 Å². The van der Waals surface area contributed by atoms with Gasteiger partial charge in [0.15, 0.2) is 0 Å². The molecular weight excluding hydrogens is 386 g/mol. The van der Waals surface area contributed by atoms with E-state index in [1.807, 2.05) is 60.4 Å². The lowest BCUT2D eigenvalue weighted by atomic mass is 10.0. The molecule has 0 atom stereocenters. The molecule has 0 bridgehead atoms. The van der Waals surface area contributed by atoms with Gasteiger partial charge < -0.3 is 15.1 Å². The number of anilines is 2. The van der Waals surface area contributed by atoms with E-state index >= 15 is 0 Å². The van der Waals surface area contributed by atoms with Crippen LogP contribution in [-0.4, -0.2) is 42.9 Å². The Hall–Kier alpha value is -2.82. The van der Waals surface area contributed by atoms with E-state index in [9.17, 15) is 9.59 Å². The van der Waals surface area contributed by atoms with Crippen molar-refractivity contribution in [3.8, 4) is 0 Å². The number of piperazine rings is 1. The standard InChI is InChI=1S/C26H33N3O2/c1-20-6-9-22(10-7-20)26(31)27-23-11-13-24(14-12-23)28-16-18-29(19-17-28)25(30)15-8-21-4-2-3-5-21/h6-7,9-14,21H,2-5,8,15-19H2,1H3,(H,27,31). The number of hydrogen-bond acceptors (Lipinski definition) is 3. The van der Waals surface area contributed by atoms with E-state index in [1.165, 1.54) is 25.7 Å². The molecule has 2 fully saturated rings. The number of aryl methyl sites for hydroxylation is 1. The van der Waals surface area contributed by atoms with Gasteiger partial charge in [-0.05, 0) is 55.7 Å². The quantitative estimate of drug-likeness (QED) is 0.727. The number of nitrogens with zero attached hydrogens (tertiary/aromatic N) is 2. The predicted molar refractivity (Wildman–Crippen MR) is 126 cm³/mol. The molecule has 0 aromatic heterocycles. The smallest absolute Gasteiger partial charge is 0.255 e. The molecule has 1 aliphatic heterocycles. The summed E-state index contributed by atoms with van der Waals surface area (Å²) >= 11 is 0. The summed E-state index contributed by atoms with van der Waals surface area (Å²) in [6.07, 6.45) is 7.07. The van der Waals surface area contributed by atoms with Gasteiger partial charge in [-0.15, -0.1) is 0 Å². The monoisotopic (exact) mass is 419 g/mol. The van der Waals surface area contributed by atoms with Gasteiger partial charge in [0.2, 0.25) is 5.91 Å². The fourth-order valence-electron chi connectivity index (χ4n) is 4.66. The molecule has 0 unspecified atom stereocenters. The van der Waals surface area contributed by atoms with Crippen LogP contribution in [0, 0.1) is 12.8 Å². The predicted octanol–water partition coefficient (Wildman–Crippen LogP) is 4.87. The summed E-state index contributed by atoms with van der Waals surface area (Å²) in [6, 6.07) is 15.5. The molecule has 1 heterocycles. The van der Waals surface area contributed by atoms with Gasteiger partial charge in [-0.2, -0.15) is 0 Å². The Morgan fingerprint density at radius 1 is 0.903 bits per heavy atom. The van der Waals surface area contributed by atoms with E-state index in [0.29, 0.717) is 17.9 Å². The second-order valence-electron chi connectivity index (χ2n) is 8.92.